The zero-order valence-corrected chi connectivity index (χ0v) is 9.25. The van der Waals surface area contributed by atoms with Crippen molar-refractivity contribution in [2.24, 2.45) is 5.73 Å². The van der Waals surface area contributed by atoms with Crippen LogP contribution in [0.25, 0.3) is 0 Å². The molecule has 2 N–H and O–H groups in total. The van der Waals surface area contributed by atoms with Crippen LogP contribution in [0.5, 0.6) is 5.75 Å². The number of benzene rings is 1. The van der Waals surface area contributed by atoms with E-state index in [2.05, 4.69) is 6.92 Å². The molecule has 0 heterocycles. The Bertz CT molecular complexity index is 347. The van der Waals surface area contributed by atoms with Crippen molar-refractivity contribution in [2.45, 2.75) is 26.2 Å². The molecule has 0 fully saturated rings. The van der Waals surface area contributed by atoms with Gasteiger partial charge in [-0.15, -0.1) is 0 Å². The number of ether oxygens (including phenoxy) is 1. The summed E-state index contributed by atoms with van der Waals surface area (Å²) in [6, 6.07) is 5.39. The Morgan fingerprint density at radius 1 is 1.47 bits per heavy atom. The van der Waals surface area contributed by atoms with Gasteiger partial charge in [-0.05, 0) is 25.0 Å². The molecular weight excluding hydrogens is 190 g/mol. The minimum absolute atomic E-state index is 0.389. The molecule has 0 spiro atoms. The van der Waals surface area contributed by atoms with Gasteiger partial charge < -0.3 is 10.5 Å². The van der Waals surface area contributed by atoms with Crippen LogP contribution in [0.3, 0.4) is 0 Å². The molecule has 3 heteroatoms. The van der Waals surface area contributed by atoms with E-state index in [1.165, 1.54) is 0 Å². The van der Waals surface area contributed by atoms with Crippen molar-refractivity contribution in [3.05, 3.63) is 29.3 Å². The van der Waals surface area contributed by atoms with Crippen LogP contribution in [0.2, 0.25) is 0 Å². The van der Waals surface area contributed by atoms with E-state index in [-0.39, 0.29) is 5.91 Å². The zero-order valence-electron chi connectivity index (χ0n) is 9.25. The Kier molecular flexibility index (Phi) is 4.16. The fraction of sp³-hybridized carbons (Fsp3) is 0.417. The lowest BCUT2D eigenvalue weighted by molar-refractivity contribution is 0.0999. The molecule has 1 amide bonds. The van der Waals surface area contributed by atoms with Crippen molar-refractivity contribution in [2.75, 3.05) is 7.11 Å². The van der Waals surface area contributed by atoms with Gasteiger partial charge in [-0.2, -0.15) is 0 Å². The monoisotopic (exact) mass is 207 g/mol. The number of hydrogen-bond acceptors (Lipinski definition) is 2. The van der Waals surface area contributed by atoms with Crippen molar-refractivity contribution < 1.29 is 9.53 Å². The van der Waals surface area contributed by atoms with Gasteiger partial charge in [0.15, 0.2) is 0 Å². The zero-order chi connectivity index (χ0) is 11.3. The second-order valence-corrected chi connectivity index (χ2v) is 3.45. The van der Waals surface area contributed by atoms with Gasteiger partial charge in [0, 0.05) is 11.1 Å². The second-order valence-electron chi connectivity index (χ2n) is 3.45. The van der Waals surface area contributed by atoms with Crippen LogP contribution in [-0.4, -0.2) is 13.0 Å². The van der Waals surface area contributed by atoms with Crippen LogP contribution < -0.4 is 10.5 Å². The predicted molar refractivity (Wildman–Crippen MR) is 60.1 cm³/mol. The Hall–Kier alpha value is -1.51. The highest BCUT2D eigenvalue weighted by molar-refractivity contribution is 5.95. The molecule has 0 aliphatic heterocycles. The first-order valence-electron chi connectivity index (χ1n) is 5.16. The SMILES string of the molecule is CCCCc1c(OC)cccc1C(N)=O. The summed E-state index contributed by atoms with van der Waals surface area (Å²) in [5, 5.41) is 0. The number of carbonyl (C=O) groups excluding carboxylic acids is 1. The largest absolute Gasteiger partial charge is 0.496 e. The molecule has 82 valence electrons. The summed E-state index contributed by atoms with van der Waals surface area (Å²) in [5.41, 5.74) is 6.81. The van der Waals surface area contributed by atoms with E-state index in [4.69, 9.17) is 10.5 Å². The molecule has 1 aromatic carbocycles. The Labute approximate surface area is 90.2 Å². The van der Waals surface area contributed by atoms with Crippen LogP contribution in [0.15, 0.2) is 18.2 Å². The summed E-state index contributed by atoms with van der Waals surface area (Å²) in [7, 11) is 1.61. The molecule has 0 aromatic heterocycles. The molecule has 0 bridgehead atoms. The molecular formula is C12H17NO2. The van der Waals surface area contributed by atoms with Gasteiger partial charge in [0.25, 0.3) is 0 Å². The third kappa shape index (κ3) is 2.72. The molecule has 0 aliphatic rings. The van der Waals surface area contributed by atoms with Crippen LogP contribution in [-0.2, 0) is 6.42 Å². The highest BCUT2D eigenvalue weighted by Gasteiger charge is 2.12. The Morgan fingerprint density at radius 3 is 2.73 bits per heavy atom. The minimum atomic E-state index is -0.389. The van der Waals surface area contributed by atoms with Gasteiger partial charge >= 0.3 is 0 Å². The summed E-state index contributed by atoms with van der Waals surface area (Å²) in [6.45, 7) is 2.11. The van der Waals surface area contributed by atoms with E-state index in [9.17, 15) is 4.79 Å². The highest BCUT2D eigenvalue weighted by atomic mass is 16.5. The van der Waals surface area contributed by atoms with Gasteiger partial charge in [-0.1, -0.05) is 19.4 Å². The van der Waals surface area contributed by atoms with E-state index >= 15 is 0 Å². The molecule has 1 rings (SSSR count). The maximum absolute atomic E-state index is 11.2. The third-order valence-electron chi connectivity index (χ3n) is 2.40. The predicted octanol–water partition coefficient (Wildman–Crippen LogP) is 2.14. The van der Waals surface area contributed by atoms with Gasteiger partial charge in [0.1, 0.15) is 5.75 Å². The fourth-order valence-corrected chi connectivity index (χ4v) is 1.60. The Balaban J connectivity index is 3.08. The van der Waals surface area contributed by atoms with E-state index < -0.39 is 0 Å². The van der Waals surface area contributed by atoms with Crippen molar-refractivity contribution in [1.29, 1.82) is 0 Å². The summed E-state index contributed by atoms with van der Waals surface area (Å²) in [4.78, 5) is 11.2. The maximum atomic E-state index is 11.2. The lowest BCUT2D eigenvalue weighted by atomic mass is 10.0. The van der Waals surface area contributed by atoms with Crippen LogP contribution >= 0.6 is 0 Å². The number of hydrogen-bond donors (Lipinski definition) is 1. The van der Waals surface area contributed by atoms with Crippen molar-refractivity contribution >= 4 is 5.91 Å². The fourth-order valence-electron chi connectivity index (χ4n) is 1.60. The first kappa shape index (κ1) is 11.6. The number of primary amides is 1. The molecule has 0 aliphatic carbocycles. The molecule has 0 atom stereocenters. The molecule has 15 heavy (non-hydrogen) atoms. The minimum Gasteiger partial charge on any atom is -0.496 e. The summed E-state index contributed by atoms with van der Waals surface area (Å²) < 4.78 is 5.23. The van der Waals surface area contributed by atoms with E-state index in [0.29, 0.717) is 5.56 Å². The molecule has 0 saturated heterocycles. The second kappa shape index (κ2) is 5.39. The van der Waals surface area contributed by atoms with Crippen molar-refractivity contribution in [1.82, 2.24) is 0 Å². The molecule has 1 aromatic rings. The van der Waals surface area contributed by atoms with E-state index in [0.717, 1.165) is 30.6 Å². The maximum Gasteiger partial charge on any atom is 0.249 e. The molecule has 0 radical (unpaired) electrons. The molecule has 3 nitrogen and oxygen atoms in total. The van der Waals surface area contributed by atoms with Crippen LogP contribution in [0, 0.1) is 0 Å². The average molecular weight is 207 g/mol. The van der Waals surface area contributed by atoms with Crippen molar-refractivity contribution in [3.8, 4) is 5.75 Å². The van der Waals surface area contributed by atoms with Crippen molar-refractivity contribution in [3.63, 3.8) is 0 Å². The van der Waals surface area contributed by atoms with E-state index in [1.54, 1.807) is 19.2 Å². The van der Waals surface area contributed by atoms with Gasteiger partial charge in [-0.3, -0.25) is 4.79 Å². The first-order valence-corrected chi connectivity index (χ1v) is 5.16. The summed E-state index contributed by atoms with van der Waals surface area (Å²) >= 11 is 0. The van der Waals surface area contributed by atoms with Gasteiger partial charge in [0.2, 0.25) is 5.91 Å². The number of nitrogens with two attached hydrogens (primary N) is 1. The number of carbonyl (C=O) groups is 1. The van der Waals surface area contributed by atoms with Gasteiger partial charge in [-0.25, -0.2) is 0 Å². The van der Waals surface area contributed by atoms with Gasteiger partial charge in [0.05, 0.1) is 7.11 Å². The first-order chi connectivity index (χ1) is 7.20. The molecule has 0 unspecified atom stereocenters. The van der Waals surface area contributed by atoms with Crippen LogP contribution in [0.1, 0.15) is 35.7 Å². The highest BCUT2D eigenvalue weighted by Crippen LogP contribution is 2.23. The molecule has 0 saturated carbocycles. The Morgan fingerprint density at radius 2 is 2.20 bits per heavy atom. The smallest absolute Gasteiger partial charge is 0.249 e. The van der Waals surface area contributed by atoms with Crippen LogP contribution in [0.4, 0.5) is 0 Å². The lowest BCUT2D eigenvalue weighted by Crippen LogP contribution is -2.14. The average Bonchev–Trinajstić information content (AvgIpc) is 2.25. The number of unbranched alkanes of at least 4 members (excludes halogenated alkanes) is 1. The topological polar surface area (TPSA) is 52.3 Å². The number of methoxy groups -OCH3 is 1. The number of rotatable bonds is 5. The summed E-state index contributed by atoms with van der Waals surface area (Å²) in [6.07, 6.45) is 2.94. The quantitative estimate of drug-likeness (QED) is 0.804. The standard InChI is InChI=1S/C12H17NO2/c1-3-4-6-9-10(12(13)14)7-5-8-11(9)15-2/h5,7-8H,3-4,6H2,1-2H3,(H2,13,14). The lowest BCUT2D eigenvalue weighted by Gasteiger charge is -2.11. The van der Waals surface area contributed by atoms with E-state index in [1.807, 2.05) is 6.07 Å². The number of amides is 1. The normalized spacial score (nSPS) is 10.0. The third-order valence-corrected chi connectivity index (χ3v) is 2.40. The summed E-state index contributed by atoms with van der Waals surface area (Å²) in [5.74, 6) is 0.361.